The number of aliphatic imine (C=N–C) groups is 1. The number of hydrogen-bond donors (Lipinski definition) is 2. The molecule has 0 spiro atoms. The number of nitrogens with one attached hydrogen (secondary N) is 1. The lowest BCUT2D eigenvalue weighted by atomic mass is 9.77. The Bertz CT molecular complexity index is 1280. The van der Waals surface area contributed by atoms with Crippen molar-refractivity contribution in [3.63, 3.8) is 0 Å². The summed E-state index contributed by atoms with van der Waals surface area (Å²) in [5.41, 5.74) is 2.04. The molecule has 8 nitrogen and oxygen atoms in total. The molecule has 180 valence electrons. The first-order valence-corrected chi connectivity index (χ1v) is 11.7. The summed E-state index contributed by atoms with van der Waals surface area (Å²) in [6.07, 6.45) is 3.89. The molecular weight excluding hydrogens is 442 g/mol. The van der Waals surface area contributed by atoms with Gasteiger partial charge in [0.05, 0.1) is 18.7 Å². The van der Waals surface area contributed by atoms with Crippen molar-refractivity contribution >= 4 is 17.9 Å². The van der Waals surface area contributed by atoms with Gasteiger partial charge in [0.2, 0.25) is 5.95 Å². The molecule has 3 aromatic rings. The molecule has 0 fully saturated rings. The van der Waals surface area contributed by atoms with E-state index in [2.05, 4.69) is 15.4 Å². The van der Waals surface area contributed by atoms with Crippen molar-refractivity contribution in [3.8, 4) is 5.75 Å². The van der Waals surface area contributed by atoms with E-state index in [9.17, 15) is 9.90 Å². The summed E-state index contributed by atoms with van der Waals surface area (Å²) in [5.74, 6) is 1.41. The van der Waals surface area contributed by atoms with Crippen LogP contribution in [0.15, 0.2) is 77.2 Å². The zero-order chi connectivity index (χ0) is 24.6. The van der Waals surface area contributed by atoms with Crippen molar-refractivity contribution in [1.82, 2.24) is 14.8 Å². The fraction of sp³-hybridized carbons (Fsp3) is 0.333. The van der Waals surface area contributed by atoms with Crippen LogP contribution in [0.25, 0.3) is 0 Å². The summed E-state index contributed by atoms with van der Waals surface area (Å²) in [6.45, 7) is 3.97. The van der Waals surface area contributed by atoms with E-state index in [1.165, 1.54) is 6.33 Å². The number of rotatable bonds is 5. The standard InChI is InChI=1S/C27H29N5O3/c1-27(2)13-21(33)20(22(34)14-27)15-28-24-23(17-9-11-19(35-3)12-10-17)31-26-29-16-30-32(26)25(24)18-7-5-4-6-8-18/h4-12,15-16,23-25,33H,13-14H2,1-3H3,(H,29,30,31)/t23-,24-,25+/m0/s1. The van der Waals surface area contributed by atoms with Gasteiger partial charge in [-0.3, -0.25) is 9.79 Å². The van der Waals surface area contributed by atoms with Crippen molar-refractivity contribution in [1.29, 1.82) is 0 Å². The number of hydrogen-bond acceptors (Lipinski definition) is 7. The molecule has 0 saturated heterocycles. The molecule has 8 heteroatoms. The number of carbonyl (C=O) groups excluding carboxylic acids is 1. The number of aliphatic hydroxyl groups is 1. The van der Waals surface area contributed by atoms with E-state index in [4.69, 9.17) is 9.73 Å². The van der Waals surface area contributed by atoms with Crippen LogP contribution in [0.3, 0.4) is 0 Å². The minimum absolute atomic E-state index is 0.0926. The van der Waals surface area contributed by atoms with Gasteiger partial charge in [0.25, 0.3) is 0 Å². The van der Waals surface area contributed by atoms with Crippen LogP contribution in [-0.4, -0.2) is 45.0 Å². The zero-order valence-electron chi connectivity index (χ0n) is 20.0. The molecule has 2 heterocycles. The van der Waals surface area contributed by atoms with Crippen LogP contribution < -0.4 is 10.1 Å². The SMILES string of the molecule is COc1ccc([C@@H]2Nc3ncnn3[C@H](c3ccccc3)[C@H]2N=CC2=C(O)CC(C)(C)CC2=O)cc1. The van der Waals surface area contributed by atoms with Crippen LogP contribution >= 0.6 is 0 Å². The highest BCUT2D eigenvalue weighted by molar-refractivity contribution is 6.14. The lowest BCUT2D eigenvalue weighted by Crippen LogP contribution is -2.40. The molecule has 1 aromatic heterocycles. The van der Waals surface area contributed by atoms with Crippen LogP contribution in [0.5, 0.6) is 5.75 Å². The van der Waals surface area contributed by atoms with Crippen LogP contribution in [0.4, 0.5) is 5.95 Å². The van der Waals surface area contributed by atoms with Crippen LogP contribution in [-0.2, 0) is 4.79 Å². The number of methoxy groups -OCH3 is 1. The third kappa shape index (κ3) is 4.43. The Morgan fingerprint density at radius 2 is 1.86 bits per heavy atom. The average Bonchev–Trinajstić information content (AvgIpc) is 3.31. The van der Waals surface area contributed by atoms with Gasteiger partial charge in [-0.25, -0.2) is 4.68 Å². The lowest BCUT2D eigenvalue weighted by Gasteiger charge is -2.37. The Kier molecular flexibility index (Phi) is 5.88. The summed E-state index contributed by atoms with van der Waals surface area (Å²) >= 11 is 0. The fourth-order valence-corrected chi connectivity index (χ4v) is 4.97. The largest absolute Gasteiger partial charge is 0.511 e. The predicted octanol–water partition coefficient (Wildman–Crippen LogP) is 4.68. The number of nitrogens with zero attached hydrogens (tertiary/aromatic N) is 4. The second-order valence-electron chi connectivity index (χ2n) is 9.85. The van der Waals surface area contributed by atoms with Crippen LogP contribution in [0, 0.1) is 5.41 Å². The Morgan fingerprint density at radius 1 is 1.11 bits per heavy atom. The molecule has 1 aliphatic carbocycles. The van der Waals surface area contributed by atoms with Crippen molar-refractivity contribution in [2.75, 3.05) is 12.4 Å². The minimum atomic E-state index is -0.372. The molecule has 0 amide bonds. The number of Topliss-reactive ketones (excluding diaryl/α,β-unsaturated/α-hetero) is 1. The molecule has 35 heavy (non-hydrogen) atoms. The normalized spacial score (nSPS) is 23.7. The molecule has 1 aliphatic heterocycles. The smallest absolute Gasteiger partial charge is 0.222 e. The minimum Gasteiger partial charge on any atom is -0.511 e. The van der Waals surface area contributed by atoms with Gasteiger partial charge in [0.15, 0.2) is 5.78 Å². The zero-order valence-corrected chi connectivity index (χ0v) is 20.0. The number of aromatic nitrogens is 3. The number of aliphatic hydroxyl groups excluding tert-OH is 1. The third-order valence-corrected chi connectivity index (χ3v) is 6.67. The first-order valence-electron chi connectivity index (χ1n) is 11.7. The van der Waals surface area contributed by atoms with Gasteiger partial charge in [0.1, 0.15) is 29.9 Å². The Labute approximate surface area is 204 Å². The van der Waals surface area contributed by atoms with Crippen molar-refractivity contribution in [3.05, 3.63) is 83.4 Å². The van der Waals surface area contributed by atoms with Crippen molar-refractivity contribution in [2.45, 2.75) is 44.8 Å². The Balaban J connectivity index is 1.61. The number of anilines is 1. The fourth-order valence-electron chi connectivity index (χ4n) is 4.97. The van der Waals surface area contributed by atoms with Crippen molar-refractivity contribution in [2.24, 2.45) is 10.4 Å². The highest BCUT2D eigenvalue weighted by atomic mass is 16.5. The predicted molar refractivity (Wildman–Crippen MR) is 134 cm³/mol. The van der Waals surface area contributed by atoms with E-state index < -0.39 is 0 Å². The second-order valence-corrected chi connectivity index (χ2v) is 9.85. The van der Waals surface area contributed by atoms with Crippen molar-refractivity contribution < 1.29 is 14.6 Å². The summed E-state index contributed by atoms with van der Waals surface area (Å²) in [6, 6.07) is 17.0. The second kappa shape index (κ2) is 9.02. The first-order chi connectivity index (χ1) is 16.9. The molecule has 5 rings (SSSR count). The topological polar surface area (TPSA) is 102 Å². The highest BCUT2D eigenvalue weighted by Crippen LogP contribution is 2.41. The summed E-state index contributed by atoms with van der Waals surface area (Å²) in [4.78, 5) is 22.2. The number of benzene rings is 2. The maximum atomic E-state index is 12.9. The molecule has 2 aliphatic rings. The maximum Gasteiger partial charge on any atom is 0.222 e. The summed E-state index contributed by atoms with van der Waals surface area (Å²) in [5, 5.41) is 18.6. The van der Waals surface area contributed by atoms with Gasteiger partial charge < -0.3 is 15.2 Å². The molecule has 2 N–H and O–H groups in total. The first kappa shape index (κ1) is 22.8. The molecule has 0 bridgehead atoms. The molecule has 0 radical (unpaired) electrons. The highest BCUT2D eigenvalue weighted by Gasteiger charge is 2.40. The molecule has 3 atom stereocenters. The average molecular weight is 472 g/mol. The van der Waals surface area contributed by atoms with Gasteiger partial charge in [-0.05, 0) is 28.7 Å². The van der Waals surface area contributed by atoms with E-state index in [-0.39, 0.29) is 40.7 Å². The number of carbonyl (C=O) groups is 1. The summed E-state index contributed by atoms with van der Waals surface area (Å²) in [7, 11) is 1.64. The van der Waals surface area contributed by atoms with Gasteiger partial charge in [-0.15, -0.1) is 0 Å². The molecule has 0 unspecified atom stereocenters. The van der Waals surface area contributed by atoms with E-state index >= 15 is 0 Å². The maximum absolute atomic E-state index is 12.9. The molecule has 2 aromatic carbocycles. The van der Waals surface area contributed by atoms with E-state index in [0.717, 1.165) is 16.9 Å². The van der Waals surface area contributed by atoms with Gasteiger partial charge >= 0.3 is 0 Å². The van der Waals surface area contributed by atoms with Gasteiger partial charge in [-0.2, -0.15) is 10.1 Å². The third-order valence-electron chi connectivity index (χ3n) is 6.67. The molecular formula is C27H29N5O3. The summed E-state index contributed by atoms with van der Waals surface area (Å²) < 4.78 is 7.17. The van der Waals surface area contributed by atoms with Crippen LogP contribution in [0.2, 0.25) is 0 Å². The monoisotopic (exact) mass is 471 g/mol. The number of fused-ring (bicyclic) bond motifs is 1. The van der Waals surface area contributed by atoms with E-state index in [0.29, 0.717) is 18.8 Å². The quantitative estimate of drug-likeness (QED) is 0.524. The number of allylic oxidation sites excluding steroid dienone is 2. The Morgan fingerprint density at radius 3 is 2.54 bits per heavy atom. The van der Waals surface area contributed by atoms with E-state index in [1.807, 2.05) is 73.1 Å². The Hall–Kier alpha value is -3.94. The van der Waals surface area contributed by atoms with Crippen LogP contribution in [0.1, 0.15) is 49.9 Å². The van der Waals surface area contributed by atoms with Gasteiger partial charge in [0, 0.05) is 19.1 Å². The lowest BCUT2D eigenvalue weighted by molar-refractivity contribution is -0.117. The molecule has 0 saturated carbocycles. The number of ketones is 1. The number of ether oxygens (including phenoxy) is 1. The van der Waals surface area contributed by atoms with Gasteiger partial charge in [-0.1, -0.05) is 56.3 Å². The van der Waals surface area contributed by atoms with E-state index in [1.54, 1.807) is 13.3 Å².